The molecule has 2 aromatic carbocycles. The number of hydrogen-bond acceptors (Lipinski definition) is 5. The zero-order chi connectivity index (χ0) is 20.2. The van der Waals surface area contributed by atoms with Gasteiger partial charge in [0, 0.05) is 50.4 Å². The van der Waals surface area contributed by atoms with Crippen molar-refractivity contribution in [2.75, 3.05) is 38.3 Å². The monoisotopic (exact) mass is 395 g/mol. The summed E-state index contributed by atoms with van der Waals surface area (Å²) in [7, 11) is 0. The molecule has 1 N–H and O–H groups in total. The first kappa shape index (κ1) is 19.3. The van der Waals surface area contributed by atoms with Gasteiger partial charge in [-0.25, -0.2) is 0 Å². The van der Waals surface area contributed by atoms with Gasteiger partial charge in [0.15, 0.2) is 11.5 Å². The first-order valence-corrected chi connectivity index (χ1v) is 9.92. The first-order valence-electron chi connectivity index (χ1n) is 9.92. The number of anilines is 1. The molecule has 2 aliphatic rings. The Bertz CT molecular complexity index is 889. The molecule has 7 nitrogen and oxygen atoms in total. The summed E-state index contributed by atoms with van der Waals surface area (Å²) in [6.45, 7) is 5.94. The first-order chi connectivity index (χ1) is 14.1. The molecule has 29 heavy (non-hydrogen) atoms. The number of carbonyl (C=O) groups excluding carboxylic acids is 2. The molecule has 2 aliphatic heterocycles. The van der Waals surface area contributed by atoms with Gasteiger partial charge in [-0.2, -0.15) is 0 Å². The third kappa shape index (κ3) is 4.51. The molecule has 0 aliphatic carbocycles. The van der Waals surface area contributed by atoms with E-state index in [1.807, 2.05) is 17.0 Å². The second-order valence-electron chi connectivity index (χ2n) is 7.24. The highest BCUT2D eigenvalue weighted by molar-refractivity contribution is 5.95. The summed E-state index contributed by atoms with van der Waals surface area (Å²) in [5.41, 5.74) is 2.53. The summed E-state index contributed by atoms with van der Waals surface area (Å²) in [6, 6.07) is 13.1. The number of carbonyl (C=O) groups is 2. The summed E-state index contributed by atoms with van der Waals surface area (Å²) in [5, 5.41) is 2.79. The van der Waals surface area contributed by atoms with Gasteiger partial charge in [-0.3, -0.25) is 14.5 Å². The smallest absolute Gasteiger partial charge is 0.253 e. The molecule has 0 unspecified atom stereocenters. The highest BCUT2D eigenvalue weighted by atomic mass is 16.7. The summed E-state index contributed by atoms with van der Waals surface area (Å²) in [5.74, 6) is 1.59. The molecule has 2 aromatic rings. The summed E-state index contributed by atoms with van der Waals surface area (Å²) >= 11 is 0. The van der Waals surface area contributed by atoms with Gasteiger partial charge in [-0.05, 0) is 42.0 Å². The van der Waals surface area contributed by atoms with E-state index in [-0.39, 0.29) is 18.6 Å². The van der Waals surface area contributed by atoms with E-state index < -0.39 is 0 Å². The SMILES string of the molecule is CCC(=O)Nc1ccc(C(=O)N2CCN(Cc3ccc4c(c3)OCO4)CC2)cc1. The molecule has 0 saturated carbocycles. The molecule has 0 spiro atoms. The van der Waals surface area contributed by atoms with E-state index in [0.29, 0.717) is 30.8 Å². The molecule has 152 valence electrons. The maximum Gasteiger partial charge on any atom is 0.253 e. The van der Waals surface area contributed by atoms with Crippen LogP contribution in [0.15, 0.2) is 42.5 Å². The van der Waals surface area contributed by atoms with E-state index in [0.717, 1.165) is 31.1 Å². The minimum Gasteiger partial charge on any atom is -0.454 e. The number of hydrogen-bond donors (Lipinski definition) is 1. The number of fused-ring (bicyclic) bond motifs is 1. The maximum absolute atomic E-state index is 12.8. The number of ether oxygens (including phenoxy) is 2. The second-order valence-corrected chi connectivity index (χ2v) is 7.24. The molecule has 0 atom stereocenters. The number of rotatable bonds is 5. The Balaban J connectivity index is 1.30. The van der Waals surface area contributed by atoms with Gasteiger partial charge in [-0.15, -0.1) is 0 Å². The summed E-state index contributed by atoms with van der Waals surface area (Å²) in [4.78, 5) is 28.5. The lowest BCUT2D eigenvalue weighted by molar-refractivity contribution is -0.115. The quantitative estimate of drug-likeness (QED) is 0.843. The van der Waals surface area contributed by atoms with E-state index in [2.05, 4.69) is 16.3 Å². The maximum atomic E-state index is 12.8. The van der Waals surface area contributed by atoms with Crippen LogP contribution in [0, 0.1) is 0 Å². The predicted molar refractivity (Wildman–Crippen MR) is 109 cm³/mol. The number of benzene rings is 2. The third-order valence-electron chi connectivity index (χ3n) is 5.24. The molecule has 2 heterocycles. The lowest BCUT2D eigenvalue weighted by Gasteiger charge is -2.34. The highest BCUT2D eigenvalue weighted by Crippen LogP contribution is 2.32. The molecule has 0 aromatic heterocycles. The van der Waals surface area contributed by atoms with Crippen LogP contribution in [0.1, 0.15) is 29.3 Å². The van der Waals surface area contributed by atoms with E-state index in [9.17, 15) is 9.59 Å². The molecule has 1 saturated heterocycles. The van der Waals surface area contributed by atoms with Crippen molar-refractivity contribution in [3.63, 3.8) is 0 Å². The van der Waals surface area contributed by atoms with Crippen molar-refractivity contribution in [2.24, 2.45) is 0 Å². The fraction of sp³-hybridized carbons (Fsp3) is 0.364. The van der Waals surface area contributed by atoms with E-state index in [4.69, 9.17) is 9.47 Å². The Morgan fingerprint density at radius 2 is 1.69 bits per heavy atom. The van der Waals surface area contributed by atoms with Crippen molar-refractivity contribution >= 4 is 17.5 Å². The van der Waals surface area contributed by atoms with Crippen molar-refractivity contribution in [3.05, 3.63) is 53.6 Å². The van der Waals surface area contributed by atoms with Crippen molar-refractivity contribution < 1.29 is 19.1 Å². The van der Waals surface area contributed by atoms with Crippen LogP contribution < -0.4 is 14.8 Å². The number of piperazine rings is 1. The van der Waals surface area contributed by atoms with Crippen LogP contribution >= 0.6 is 0 Å². The molecule has 0 radical (unpaired) electrons. The van der Waals surface area contributed by atoms with Crippen LogP contribution in [0.2, 0.25) is 0 Å². The lowest BCUT2D eigenvalue weighted by atomic mass is 10.1. The van der Waals surface area contributed by atoms with Gasteiger partial charge in [0.25, 0.3) is 5.91 Å². The third-order valence-corrected chi connectivity index (χ3v) is 5.24. The topological polar surface area (TPSA) is 71.1 Å². The number of nitrogens with one attached hydrogen (secondary N) is 1. The fourth-order valence-corrected chi connectivity index (χ4v) is 3.53. The Morgan fingerprint density at radius 1 is 0.966 bits per heavy atom. The standard InChI is InChI=1S/C22H25N3O4/c1-2-21(26)23-18-6-4-17(5-7-18)22(27)25-11-9-24(10-12-25)14-16-3-8-19-20(13-16)29-15-28-19/h3-8,13H,2,9-12,14-15H2,1H3,(H,23,26). The van der Waals surface area contributed by atoms with Gasteiger partial charge >= 0.3 is 0 Å². The van der Waals surface area contributed by atoms with Crippen LogP contribution in [-0.4, -0.2) is 54.6 Å². The number of nitrogens with zero attached hydrogens (tertiary/aromatic N) is 2. The molecule has 2 amide bonds. The lowest BCUT2D eigenvalue weighted by Crippen LogP contribution is -2.48. The Hall–Kier alpha value is -3.06. The van der Waals surface area contributed by atoms with Gasteiger partial charge in [0.2, 0.25) is 12.7 Å². The van der Waals surface area contributed by atoms with Crippen LogP contribution in [0.3, 0.4) is 0 Å². The Kier molecular flexibility index (Phi) is 5.67. The average Bonchev–Trinajstić information content (AvgIpc) is 3.22. The minimum absolute atomic E-state index is 0.0288. The van der Waals surface area contributed by atoms with Crippen molar-refractivity contribution in [1.29, 1.82) is 0 Å². The summed E-state index contributed by atoms with van der Waals surface area (Å²) < 4.78 is 10.8. The van der Waals surface area contributed by atoms with Crippen molar-refractivity contribution in [2.45, 2.75) is 19.9 Å². The zero-order valence-electron chi connectivity index (χ0n) is 16.5. The second kappa shape index (κ2) is 8.53. The van der Waals surface area contributed by atoms with Crippen LogP contribution in [0.4, 0.5) is 5.69 Å². The zero-order valence-corrected chi connectivity index (χ0v) is 16.5. The van der Waals surface area contributed by atoms with Crippen LogP contribution in [-0.2, 0) is 11.3 Å². The number of amides is 2. The normalized spacial score (nSPS) is 16.0. The molecule has 7 heteroatoms. The van der Waals surface area contributed by atoms with Crippen LogP contribution in [0.5, 0.6) is 11.5 Å². The van der Waals surface area contributed by atoms with Gasteiger partial charge < -0.3 is 19.7 Å². The van der Waals surface area contributed by atoms with E-state index >= 15 is 0 Å². The molecule has 4 rings (SSSR count). The molecular formula is C22H25N3O4. The Labute approximate surface area is 170 Å². The average molecular weight is 395 g/mol. The molecule has 1 fully saturated rings. The van der Waals surface area contributed by atoms with Gasteiger partial charge in [0.1, 0.15) is 0 Å². The van der Waals surface area contributed by atoms with Gasteiger partial charge in [0.05, 0.1) is 0 Å². The van der Waals surface area contributed by atoms with Crippen LogP contribution in [0.25, 0.3) is 0 Å². The highest BCUT2D eigenvalue weighted by Gasteiger charge is 2.23. The Morgan fingerprint density at radius 3 is 2.41 bits per heavy atom. The minimum atomic E-state index is -0.0392. The summed E-state index contributed by atoms with van der Waals surface area (Å²) in [6.07, 6.45) is 0.428. The van der Waals surface area contributed by atoms with E-state index in [1.165, 1.54) is 5.56 Å². The largest absolute Gasteiger partial charge is 0.454 e. The predicted octanol–water partition coefficient (Wildman–Crippen LogP) is 2.72. The van der Waals surface area contributed by atoms with E-state index in [1.54, 1.807) is 31.2 Å². The fourth-order valence-electron chi connectivity index (χ4n) is 3.53. The van der Waals surface area contributed by atoms with Gasteiger partial charge in [-0.1, -0.05) is 13.0 Å². The molecular weight excluding hydrogens is 370 g/mol. The van der Waals surface area contributed by atoms with Crippen molar-refractivity contribution in [1.82, 2.24) is 9.80 Å². The molecule has 0 bridgehead atoms. The van der Waals surface area contributed by atoms with Crippen molar-refractivity contribution in [3.8, 4) is 11.5 Å².